The molecule has 1 N–H and O–H groups in total. The Morgan fingerprint density at radius 2 is 1.18 bits per heavy atom. The highest BCUT2D eigenvalue weighted by atomic mass is 31.2. The molecule has 534 valence electrons. The van der Waals surface area contributed by atoms with Crippen LogP contribution in [-0.2, 0) is 47.7 Å². The van der Waals surface area contributed by atoms with Gasteiger partial charge in [0, 0.05) is 48.3 Å². The van der Waals surface area contributed by atoms with Crippen molar-refractivity contribution in [1.82, 2.24) is 18.7 Å². The van der Waals surface area contributed by atoms with Gasteiger partial charge in [-0.05, 0) is 105 Å². The van der Waals surface area contributed by atoms with Crippen LogP contribution in [0.2, 0.25) is 0 Å². The second kappa shape index (κ2) is 38.6. The van der Waals surface area contributed by atoms with Crippen molar-refractivity contribution in [2.45, 2.75) is 212 Å². The molecule has 4 aromatic carbocycles. The molecular formula is C76H98N5O17P. The first-order chi connectivity index (χ1) is 47.9. The third-order valence-corrected chi connectivity index (χ3v) is 19.5. The minimum atomic E-state index is -2.50. The quantitative estimate of drug-likeness (QED) is 0.0123. The summed E-state index contributed by atoms with van der Waals surface area (Å²) in [6.45, 7) is 17.5. The second-order valence-corrected chi connectivity index (χ2v) is 26.8. The van der Waals surface area contributed by atoms with Gasteiger partial charge in [0.05, 0.1) is 46.6 Å². The van der Waals surface area contributed by atoms with Crippen molar-refractivity contribution in [3.8, 4) is 17.2 Å². The summed E-state index contributed by atoms with van der Waals surface area (Å²) >= 11 is 0. The number of benzene rings is 4. The lowest BCUT2D eigenvalue weighted by atomic mass is 9.80. The molecule has 2 aliphatic rings. The maximum absolute atomic E-state index is 14.8. The fourth-order valence-corrected chi connectivity index (χ4v) is 13.7. The molecule has 0 spiro atoms. The number of aryl methyl sites for hydroxylation is 3. The number of nitrogens with zero attached hydrogens (tertiary/aromatic N) is 4. The smallest absolute Gasteiger partial charge is 0.340 e. The van der Waals surface area contributed by atoms with Crippen LogP contribution >= 0.6 is 8.60 Å². The number of ketones is 1. The molecule has 8 rings (SSSR count). The number of ether oxygens (including phenoxy) is 7. The number of nitrogens with one attached hydrogen (secondary N) is 1. The van der Waals surface area contributed by atoms with E-state index in [2.05, 4.69) is 16.8 Å². The zero-order chi connectivity index (χ0) is 70.8. The first kappa shape index (κ1) is 76.9. The van der Waals surface area contributed by atoms with Crippen LogP contribution in [0.1, 0.15) is 204 Å². The van der Waals surface area contributed by atoms with Gasteiger partial charge in [-0.1, -0.05) is 158 Å². The van der Waals surface area contributed by atoms with E-state index in [4.69, 9.17) is 53.3 Å². The van der Waals surface area contributed by atoms with Crippen molar-refractivity contribution < 1.29 is 61.1 Å². The molecule has 0 amide bonds. The first-order valence-corrected chi connectivity index (χ1v) is 36.0. The fourth-order valence-electron chi connectivity index (χ4n) is 12.5. The molecule has 0 radical (unpaired) electrons. The minimum absolute atomic E-state index is 0.0115. The number of methoxy groups -OCH3 is 2. The van der Waals surface area contributed by atoms with Gasteiger partial charge in [0.1, 0.15) is 66.0 Å². The average molecular weight is 1380 g/mol. The van der Waals surface area contributed by atoms with Crippen molar-refractivity contribution in [3.63, 3.8) is 0 Å². The van der Waals surface area contributed by atoms with E-state index in [-0.39, 0.29) is 67.9 Å². The fraction of sp³-hybridized carbons (Fsp3) is 0.526. The van der Waals surface area contributed by atoms with Gasteiger partial charge >= 0.3 is 26.0 Å². The molecule has 99 heavy (non-hydrogen) atoms. The molecule has 2 fully saturated rings. The Labute approximate surface area is 581 Å². The van der Waals surface area contributed by atoms with E-state index in [0.717, 1.165) is 51.6 Å². The highest BCUT2D eigenvalue weighted by Gasteiger charge is 2.46. The number of aromatic nitrogens is 4. The summed E-state index contributed by atoms with van der Waals surface area (Å²) in [4.78, 5) is 101. The van der Waals surface area contributed by atoms with Crippen molar-refractivity contribution in [3.05, 3.63) is 201 Å². The van der Waals surface area contributed by atoms with Crippen molar-refractivity contribution in [2.24, 2.45) is 0 Å². The van der Waals surface area contributed by atoms with Crippen LogP contribution in [-0.4, -0.2) is 108 Å². The van der Waals surface area contributed by atoms with Crippen LogP contribution in [0.5, 0.6) is 17.2 Å². The first-order valence-electron chi connectivity index (χ1n) is 34.9. The van der Waals surface area contributed by atoms with Gasteiger partial charge in [-0.15, -0.1) is 0 Å². The number of esters is 1. The molecule has 0 bridgehead atoms. The van der Waals surface area contributed by atoms with Gasteiger partial charge in [0.15, 0.2) is 0 Å². The third kappa shape index (κ3) is 21.1. The van der Waals surface area contributed by atoms with Crippen LogP contribution in [0.4, 0.5) is 0 Å². The monoisotopic (exact) mass is 1380 g/mol. The Bertz CT molecular complexity index is 3830. The molecule has 7 atom stereocenters. The maximum Gasteiger partial charge on any atom is 0.340 e. The second-order valence-electron chi connectivity index (χ2n) is 25.6. The SMILES string of the molecule is [C-]#[N+]CCOP(OC[C@H]1O[C@@H](n2cc(C)c(=O)n(C(=O)c3cc(C)c(C)c(OCCCCCCCCCCCCCCCCCC)c3)c2=O)CC1OC(=O)CCC(C)=O)OC1C[C@H](n2cc(C)c(=O)[nH]c2=O)O[C@@H]1COC(c1ccccc1)(c1ccc(OC)cc1)c1ccc(OC)cc1. The van der Waals surface area contributed by atoms with Crippen LogP contribution in [0.15, 0.2) is 123 Å². The van der Waals surface area contributed by atoms with Crippen LogP contribution in [0.25, 0.3) is 4.85 Å². The van der Waals surface area contributed by atoms with E-state index < -0.39 is 92.1 Å². The lowest BCUT2D eigenvalue weighted by Crippen LogP contribution is -2.45. The highest BCUT2D eigenvalue weighted by molar-refractivity contribution is 7.41. The van der Waals surface area contributed by atoms with Gasteiger partial charge in [0.25, 0.3) is 17.0 Å². The van der Waals surface area contributed by atoms with Crippen LogP contribution in [0.3, 0.4) is 0 Å². The number of rotatable bonds is 41. The molecule has 2 aliphatic heterocycles. The van der Waals surface area contributed by atoms with Gasteiger partial charge in [-0.2, -0.15) is 4.57 Å². The molecule has 2 aromatic heterocycles. The lowest BCUT2D eigenvalue weighted by Gasteiger charge is -2.37. The molecule has 22 nitrogen and oxygen atoms in total. The number of carbonyl (C=O) groups is 3. The van der Waals surface area contributed by atoms with Gasteiger partial charge in [0.2, 0.25) is 6.54 Å². The van der Waals surface area contributed by atoms with Gasteiger partial charge < -0.3 is 56.4 Å². The number of aromatic amines is 1. The van der Waals surface area contributed by atoms with Gasteiger partial charge in [-0.3, -0.25) is 33.3 Å². The summed E-state index contributed by atoms with van der Waals surface area (Å²) in [6.07, 6.45) is 15.5. The molecular weight excluding hydrogens is 1290 g/mol. The van der Waals surface area contributed by atoms with Crippen LogP contribution < -0.4 is 36.7 Å². The summed E-state index contributed by atoms with van der Waals surface area (Å²) in [5.74, 6) is -0.156. The zero-order valence-corrected chi connectivity index (χ0v) is 59.5. The summed E-state index contributed by atoms with van der Waals surface area (Å²) in [5.41, 5.74) is -0.392. The highest BCUT2D eigenvalue weighted by Crippen LogP contribution is 2.48. The molecule has 2 saturated heterocycles. The Morgan fingerprint density at radius 1 is 0.636 bits per heavy atom. The van der Waals surface area contributed by atoms with E-state index in [1.54, 1.807) is 33.3 Å². The van der Waals surface area contributed by atoms with E-state index in [1.165, 1.54) is 114 Å². The predicted octanol–water partition coefficient (Wildman–Crippen LogP) is 13.6. The van der Waals surface area contributed by atoms with E-state index in [9.17, 15) is 33.6 Å². The molecule has 23 heteroatoms. The Balaban J connectivity index is 1.01. The topological polar surface area (TPSA) is 247 Å². The minimum Gasteiger partial charge on any atom is -0.497 e. The maximum atomic E-state index is 14.8. The largest absolute Gasteiger partial charge is 0.497 e. The molecule has 0 saturated carbocycles. The predicted molar refractivity (Wildman–Crippen MR) is 377 cm³/mol. The molecule has 4 heterocycles. The number of H-pyrrole nitrogens is 1. The van der Waals surface area contributed by atoms with Gasteiger partial charge in [-0.25, -0.2) is 16.2 Å². The number of hydrogen-bond donors (Lipinski definition) is 1. The van der Waals surface area contributed by atoms with Crippen molar-refractivity contribution in [2.75, 3.05) is 47.2 Å². The lowest BCUT2D eigenvalue weighted by molar-refractivity contribution is -0.153. The number of hydrogen-bond acceptors (Lipinski definition) is 17. The summed E-state index contributed by atoms with van der Waals surface area (Å²) in [6, 6.07) is 27.7. The number of unbranched alkanes of at least 4 members (excludes halogenated alkanes) is 15. The zero-order valence-electron chi connectivity index (χ0n) is 58.6. The number of carbonyl (C=O) groups excluding carboxylic acids is 3. The number of Topliss-reactive ketones (excluding diaryl/α,β-unsaturated/α-hetero) is 1. The summed E-state index contributed by atoms with van der Waals surface area (Å²) < 4.78 is 66.4. The molecule has 6 aromatic rings. The average Bonchev–Trinajstić information content (AvgIpc) is 1.15. The van der Waals surface area contributed by atoms with E-state index in [0.29, 0.717) is 28.4 Å². The normalized spacial score (nSPS) is 17.8. The van der Waals surface area contributed by atoms with Crippen LogP contribution in [0, 0.1) is 34.3 Å². The van der Waals surface area contributed by atoms with Crippen molar-refractivity contribution in [1.29, 1.82) is 0 Å². The Kier molecular flexibility index (Phi) is 30.0. The summed E-state index contributed by atoms with van der Waals surface area (Å²) in [5, 5.41) is 0. The van der Waals surface area contributed by atoms with E-state index >= 15 is 0 Å². The Morgan fingerprint density at radius 3 is 1.76 bits per heavy atom. The standard InChI is InChI=1S/C76H98N5O17P/c1-10-11-12-13-14-15-16-17-18-19-20-21-22-23-24-28-42-91-63-45-57(44-52(2)56(63)6)73(86)81-72(85)54(4)49-80(75(81)88)69-46-64(97-70(83)40-31-55(5)82)67(96-69)51-94-99(93-43-41-77-7)98-65-47-68(79-48-53(3)71(84)78-74(79)87)95-66(65)50-92-76(58-29-26-25-27-30-58,59-32-36-61(89-8)37-33-59)60-34-38-62(90-9)39-35-60/h25-27,29-30,32-39,44-45,48-49,64-69H,10-24,28,31,40-43,46-47,50-51H2,1-6,8-9H3,(H,78,84,87)/t64?,65?,66-,67-,68-,69-,99?/m1/s1. The molecule has 0 aliphatic carbocycles. The van der Waals surface area contributed by atoms with E-state index in [1.807, 2.05) is 92.7 Å². The molecule has 3 unspecified atom stereocenters. The van der Waals surface area contributed by atoms with Crippen molar-refractivity contribution >= 4 is 26.3 Å². The Hall–Kier alpha value is -7.87. The summed E-state index contributed by atoms with van der Waals surface area (Å²) in [7, 11) is 0.653. The third-order valence-electron chi connectivity index (χ3n) is 18.3.